The normalized spacial score (nSPS) is 10.1. The van der Waals surface area contributed by atoms with Crippen LogP contribution in [0.1, 0.15) is 34.2 Å². The first-order chi connectivity index (χ1) is 5.20. The number of aryl methyl sites for hydroxylation is 1. The van der Waals surface area contributed by atoms with Crippen LogP contribution in [0, 0.1) is 13.8 Å². The van der Waals surface area contributed by atoms with E-state index in [2.05, 4.69) is 11.9 Å². The van der Waals surface area contributed by atoms with Gasteiger partial charge in [0.05, 0.1) is 5.69 Å². The Kier molecular flexibility index (Phi) is 2.13. The zero-order valence-electron chi connectivity index (χ0n) is 7.19. The smallest absolute Gasteiger partial charge is 0.166 e. The van der Waals surface area contributed by atoms with E-state index in [-0.39, 0.29) is 0 Å². The van der Waals surface area contributed by atoms with Gasteiger partial charge in [0.1, 0.15) is 0 Å². The maximum atomic E-state index is 10.5. The highest BCUT2D eigenvalue weighted by Crippen LogP contribution is 2.16. The maximum Gasteiger partial charge on any atom is 0.166 e. The second-order valence-corrected chi connectivity index (χ2v) is 2.74. The van der Waals surface area contributed by atoms with Crippen molar-refractivity contribution >= 4 is 6.29 Å². The van der Waals surface area contributed by atoms with Gasteiger partial charge in [-0.1, -0.05) is 6.92 Å². The maximum absolute atomic E-state index is 10.5. The van der Waals surface area contributed by atoms with Crippen LogP contribution in [0.4, 0.5) is 0 Å². The summed E-state index contributed by atoms with van der Waals surface area (Å²) in [4.78, 5) is 13.5. The van der Waals surface area contributed by atoms with Crippen LogP contribution < -0.4 is 0 Å². The van der Waals surface area contributed by atoms with Gasteiger partial charge in [-0.2, -0.15) is 0 Å². The molecule has 0 radical (unpaired) electrons. The van der Waals surface area contributed by atoms with Crippen molar-refractivity contribution in [3.63, 3.8) is 0 Å². The highest BCUT2D eigenvalue weighted by Gasteiger charge is 2.07. The molecule has 0 amide bonds. The van der Waals surface area contributed by atoms with Crippen LogP contribution in [-0.2, 0) is 6.42 Å². The molecule has 1 aromatic heterocycles. The van der Waals surface area contributed by atoms with Crippen molar-refractivity contribution in [2.45, 2.75) is 27.2 Å². The second-order valence-electron chi connectivity index (χ2n) is 2.74. The van der Waals surface area contributed by atoms with E-state index in [1.54, 1.807) is 0 Å². The van der Waals surface area contributed by atoms with Crippen LogP contribution >= 0.6 is 0 Å². The number of aromatic nitrogens is 1. The Morgan fingerprint density at radius 1 is 1.45 bits per heavy atom. The summed E-state index contributed by atoms with van der Waals surface area (Å²) in [6.07, 6.45) is 1.86. The molecule has 2 heteroatoms. The highest BCUT2D eigenvalue weighted by atomic mass is 16.1. The van der Waals surface area contributed by atoms with Gasteiger partial charge in [0.15, 0.2) is 6.29 Å². The molecule has 60 valence electrons. The number of hydrogen-bond acceptors (Lipinski definition) is 1. The lowest BCUT2D eigenvalue weighted by molar-refractivity contribution is 0.111. The first-order valence-corrected chi connectivity index (χ1v) is 3.84. The molecule has 1 N–H and O–H groups in total. The van der Waals surface area contributed by atoms with Crippen molar-refractivity contribution in [2.24, 2.45) is 0 Å². The molecular weight excluding hydrogens is 138 g/mol. The Morgan fingerprint density at radius 3 is 2.36 bits per heavy atom. The minimum atomic E-state index is 0.722. The van der Waals surface area contributed by atoms with Crippen molar-refractivity contribution in [2.75, 3.05) is 0 Å². The molecule has 2 nitrogen and oxygen atoms in total. The predicted molar refractivity (Wildman–Crippen MR) is 45.0 cm³/mol. The molecule has 0 unspecified atom stereocenters. The van der Waals surface area contributed by atoms with Gasteiger partial charge in [-0.15, -0.1) is 0 Å². The summed E-state index contributed by atoms with van der Waals surface area (Å²) in [6, 6.07) is 0. The van der Waals surface area contributed by atoms with E-state index >= 15 is 0 Å². The Morgan fingerprint density at radius 2 is 2.09 bits per heavy atom. The van der Waals surface area contributed by atoms with Crippen LogP contribution in [0.5, 0.6) is 0 Å². The molecule has 0 atom stereocenters. The SMILES string of the molecule is CCc1c(C)[nH]c(C=O)c1C. The van der Waals surface area contributed by atoms with E-state index < -0.39 is 0 Å². The Balaban J connectivity index is 3.24. The number of aldehydes is 1. The van der Waals surface area contributed by atoms with E-state index in [1.807, 2.05) is 13.8 Å². The van der Waals surface area contributed by atoms with Crippen molar-refractivity contribution in [3.8, 4) is 0 Å². The fraction of sp³-hybridized carbons (Fsp3) is 0.444. The van der Waals surface area contributed by atoms with Crippen LogP contribution in [0.2, 0.25) is 0 Å². The summed E-state index contributed by atoms with van der Waals surface area (Å²) in [6.45, 7) is 6.07. The number of aromatic amines is 1. The molecule has 0 fully saturated rings. The minimum absolute atomic E-state index is 0.722. The lowest BCUT2D eigenvalue weighted by atomic mass is 10.1. The van der Waals surface area contributed by atoms with Gasteiger partial charge >= 0.3 is 0 Å². The molecule has 1 heterocycles. The van der Waals surface area contributed by atoms with Gasteiger partial charge in [0, 0.05) is 5.69 Å². The summed E-state index contributed by atoms with van der Waals surface area (Å²) in [5, 5.41) is 0. The number of hydrogen-bond donors (Lipinski definition) is 1. The molecule has 0 spiro atoms. The standard InChI is InChI=1S/C9H13NO/c1-4-8-6(2)9(5-11)10-7(8)3/h5,10H,4H2,1-3H3. The average molecular weight is 151 g/mol. The van der Waals surface area contributed by atoms with E-state index in [1.165, 1.54) is 5.56 Å². The molecule has 1 aromatic rings. The number of H-pyrrole nitrogens is 1. The fourth-order valence-corrected chi connectivity index (χ4v) is 1.46. The summed E-state index contributed by atoms with van der Waals surface area (Å²) in [5.74, 6) is 0. The summed E-state index contributed by atoms with van der Waals surface area (Å²) in [5.41, 5.74) is 4.21. The third-order valence-corrected chi connectivity index (χ3v) is 2.10. The number of nitrogens with one attached hydrogen (secondary N) is 1. The third-order valence-electron chi connectivity index (χ3n) is 2.10. The Labute approximate surface area is 66.6 Å². The van der Waals surface area contributed by atoms with Crippen LogP contribution in [0.3, 0.4) is 0 Å². The van der Waals surface area contributed by atoms with Crippen molar-refractivity contribution in [1.82, 2.24) is 4.98 Å². The third kappa shape index (κ3) is 1.20. The van der Waals surface area contributed by atoms with Gasteiger partial charge in [0.25, 0.3) is 0 Å². The molecule has 1 rings (SSSR count). The lowest BCUT2D eigenvalue weighted by Crippen LogP contribution is -1.84. The average Bonchev–Trinajstić information content (AvgIpc) is 2.26. The molecule has 0 aliphatic heterocycles. The van der Waals surface area contributed by atoms with Crippen molar-refractivity contribution in [1.29, 1.82) is 0 Å². The largest absolute Gasteiger partial charge is 0.356 e. The first-order valence-electron chi connectivity index (χ1n) is 3.84. The fourth-order valence-electron chi connectivity index (χ4n) is 1.46. The van der Waals surface area contributed by atoms with Gasteiger partial charge in [-0.3, -0.25) is 4.79 Å². The molecule has 0 aromatic carbocycles. The second kappa shape index (κ2) is 2.91. The Hall–Kier alpha value is -1.05. The lowest BCUT2D eigenvalue weighted by Gasteiger charge is -1.94. The van der Waals surface area contributed by atoms with Crippen molar-refractivity contribution < 1.29 is 4.79 Å². The van der Waals surface area contributed by atoms with Crippen LogP contribution in [0.25, 0.3) is 0 Å². The topological polar surface area (TPSA) is 32.9 Å². The zero-order chi connectivity index (χ0) is 8.43. The van der Waals surface area contributed by atoms with Gasteiger partial charge in [0.2, 0.25) is 0 Å². The summed E-state index contributed by atoms with van der Waals surface area (Å²) >= 11 is 0. The first kappa shape index (κ1) is 8.05. The number of rotatable bonds is 2. The molecular formula is C9H13NO. The number of carbonyl (C=O) groups excluding carboxylic acids is 1. The van der Waals surface area contributed by atoms with Gasteiger partial charge in [-0.05, 0) is 31.4 Å². The summed E-state index contributed by atoms with van der Waals surface area (Å²) < 4.78 is 0. The van der Waals surface area contributed by atoms with Crippen LogP contribution in [-0.4, -0.2) is 11.3 Å². The Bertz CT molecular complexity index is 273. The van der Waals surface area contributed by atoms with E-state index in [9.17, 15) is 4.79 Å². The predicted octanol–water partition coefficient (Wildman–Crippen LogP) is 2.01. The van der Waals surface area contributed by atoms with Crippen LogP contribution in [0.15, 0.2) is 0 Å². The molecule has 0 saturated carbocycles. The molecule has 0 saturated heterocycles. The zero-order valence-corrected chi connectivity index (χ0v) is 7.19. The van der Waals surface area contributed by atoms with Crippen molar-refractivity contribution in [3.05, 3.63) is 22.5 Å². The molecule has 0 bridgehead atoms. The minimum Gasteiger partial charge on any atom is -0.356 e. The summed E-state index contributed by atoms with van der Waals surface area (Å²) in [7, 11) is 0. The quantitative estimate of drug-likeness (QED) is 0.644. The monoisotopic (exact) mass is 151 g/mol. The van der Waals surface area contributed by atoms with E-state index in [0.717, 1.165) is 29.7 Å². The number of carbonyl (C=O) groups is 1. The van der Waals surface area contributed by atoms with Gasteiger partial charge < -0.3 is 4.98 Å². The molecule has 11 heavy (non-hydrogen) atoms. The van der Waals surface area contributed by atoms with Gasteiger partial charge in [-0.25, -0.2) is 0 Å². The highest BCUT2D eigenvalue weighted by molar-refractivity contribution is 5.75. The molecule has 0 aliphatic rings. The molecule has 0 aliphatic carbocycles. The van der Waals surface area contributed by atoms with E-state index in [4.69, 9.17) is 0 Å². The van der Waals surface area contributed by atoms with E-state index in [0.29, 0.717) is 0 Å².